The van der Waals surface area contributed by atoms with E-state index in [1.54, 1.807) is 13.3 Å². The van der Waals surface area contributed by atoms with Crippen molar-refractivity contribution in [1.29, 1.82) is 0 Å². The zero-order valence-corrected chi connectivity index (χ0v) is 17.6. The van der Waals surface area contributed by atoms with Gasteiger partial charge < -0.3 is 19.8 Å². The zero-order chi connectivity index (χ0) is 16.8. The fraction of sp³-hybridized carbons (Fsp3) is 0.750. The number of nitrogens with zero attached hydrogens (tertiary/aromatic N) is 2. The smallest absolute Gasteiger partial charge is 0.216 e. The molecule has 0 saturated carbocycles. The number of hydrogen-bond donors (Lipinski definition) is 2. The molecular weight excluding hydrogens is 407 g/mol. The van der Waals surface area contributed by atoms with Gasteiger partial charge in [0.25, 0.3) is 0 Å². The van der Waals surface area contributed by atoms with Crippen molar-refractivity contribution in [2.75, 3.05) is 20.2 Å². The fourth-order valence-electron chi connectivity index (χ4n) is 1.59. The highest BCUT2D eigenvalue weighted by Crippen LogP contribution is 2.22. The van der Waals surface area contributed by atoms with E-state index < -0.39 is 0 Å². The molecule has 0 radical (unpaired) electrons. The maximum absolute atomic E-state index is 5.74. The average Bonchev–Trinajstić information content (AvgIpc) is 2.91. The summed E-state index contributed by atoms with van der Waals surface area (Å²) >= 11 is 0. The van der Waals surface area contributed by atoms with E-state index in [0.717, 1.165) is 18.3 Å². The molecule has 134 valence electrons. The van der Waals surface area contributed by atoms with Crippen molar-refractivity contribution >= 4 is 29.9 Å². The Morgan fingerprint density at radius 3 is 2.39 bits per heavy atom. The maximum atomic E-state index is 5.74. The lowest BCUT2D eigenvalue weighted by molar-refractivity contribution is 0.0268. The number of hydrogen-bond acceptors (Lipinski definition) is 4. The second-order valence-electron chi connectivity index (χ2n) is 6.88. The van der Waals surface area contributed by atoms with Crippen molar-refractivity contribution in [3.05, 3.63) is 17.8 Å². The van der Waals surface area contributed by atoms with Gasteiger partial charge in [0.05, 0.1) is 11.8 Å². The second kappa shape index (κ2) is 9.46. The van der Waals surface area contributed by atoms with Gasteiger partial charge in [-0.1, -0.05) is 20.8 Å². The normalized spacial score (nSPS) is 12.7. The summed E-state index contributed by atoms with van der Waals surface area (Å²) in [4.78, 5) is 8.78. The first-order valence-corrected chi connectivity index (χ1v) is 7.70. The van der Waals surface area contributed by atoms with Crippen LogP contribution in [0.15, 0.2) is 15.6 Å². The Balaban J connectivity index is 0.00000484. The highest BCUT2D eigenvalue weighted by atomic mass is 127. The van der Waals surface area contributed by atoms with E-state index in [1.807, 2.05) is 20.8 Å². The SMILES string of the molecule is CCNC(=NCc1ncc(C(C)(C)C)o1)NCC(C)(C)OC.I. The number of guanidine groups is 1. The molecule has 2 N–H and O–H groups in total. The second-order valence-corrected chi connectivity index (χ2v) is 6.88. The minimum absolute atomic E-state index is 0. The summed E-state index contributed by atoms with van der Waals surface area (Å²) < 4.78 is 11.1. The van der Waals surface area contributed by atoms with Crippen LogP contribution in [0.5, 0.6) is 0 Å². The summed E-state index contributed by atoms with van der Waals surface area (Å²) in [5.74, 6) is 2.22. The van der Waals surface area contributed by atoms with Crippen molar-refractivity contribution in [1.82, 2.24) is 15.6 Å². The highest BCUT2D eigenvalue weighted by molar-refractivity contribution is 14.0. The first-order valence-electron chi connectivity index (χ1n) is 7.70. The van der Waals surface area contributed by atoms with Gasteiger partial charge in [-0.3, -0.25) is 0 Å². The lowest BCUT2D eigenvalue weighted by Gasteiger charge is -2.24. The third kappa shape index (κ3) is 8.01. The molecule has 23 heavy (non-hydrogen) atoms. The van der Waals surface area contributed by atoms with Crippen LogP contribution in [-0.4, -0.2) is 36.7 Å². The zero-order valence-electron chi connectivity index (χ0n) is 15.3. The maximum Gasteiger partial charge on any atom is 0.216 e. The number of rotatable bonds is 6. The van der Waals surface area contributed by atoms with E-state index in [9.17, 15) is 0 Å². The molecule has 0 amide bonds. The van der Waals surface area contributed by atoms with Crippen LogP contribution in [0, 0.1) is 0 Å². The first-order chi connectivity index (χ1) is 10.2. The van der Waals surface area contributed by atoms with Crippen LogP contribution >= 0.6 is 24.0 Å². The van der Waals surface area contributed by atoms with Crippen molar-refractivity contribution in [3.8, 4) is 0 Å². The number of nitrogens with one attached hydrogen (secondary N) is 2. The van der Waals surface area contributed by atoms with Crippen LogP contribution in [0.3, 0.4) is 0 Å². The van der Waals surface area contributed by atoms with E-state index in [4.69, 9.17) is 9.15 Å². The molecule has 0 spiro atoms. The fourth-order valence-corrected chi connectivity index (χ4v) is 1.59. The Hall–Kier alpha value is -0.830. The molecule has 0 aromatic carbocycles. The number of aliphatic imine (C=N–C) groups is 1. The third-order valence-corrected chi connectivity index (χ3v) is 3.24. The number of oxazole rings is 1. The van der Waals surface area contributed by atoms with Gasteiger partial charge in [-0.15, -0.1) is 24.0 Å². The van der Waals surface area contributed by atoms with Crippen LogP contribution in [-0.2, 0) is 16.7 Å². The van der Waals surface area contributed by atoms with E-state index in [0.29, 0.717) is 19.0 Å². The topological polar surface area (TPSA) is 71.7 Å². The lowest BCUT2D eigenvalue weighted by atomic mass is 9.94. The Kier molecular flexibility index (Phi) is 9.12. The Labute approximate surface area is 156 Å². The van der Waals surface area contributed by atoms with Gasteiger partial charge in [0.15, 0.2) is 5.96 Å². The van der Waals surface area contributed by atoms with Crippen molar-refractivity contribution in [2.24, 2.45) is 4.99 Å². The van der Waals surface area contributed by atoms with E-state index in [2.05, 4.69) is 41.4 Å². The molecule has 0 bridgehead atoms. The monoisotopic (exact) mass is 438 g/mol. The van der Waals surface area contributed by atoms with Crippen LogP contribution in [0.2, 0.25) is 0 Å². The highest BCUT2D eigenvalue weighted by Gasteiger charge is 2.19. The molecule has 0 saturated heterocycles. The molecule has 0 fully saturated rings. The quantitative estimate of drug-likeness (QED) is 0.406. The summed E-state index contributed by atoms with van der Waals surface area (Å²) in [6, 6.07) is 0. The molecule has 0 aliphatic rings. The van der Waals surface area contributed by atoms with Crippen LogP contribution in [0.1, 0.15) is 53.2 Å². The van der Waals surface area contributed by atoms with Crippen molar-refractivity contribution in [3.63, 3.8) is 0 Å². The molecule has 0 atom stereocenters. The standard InChI is InChI=1S/C16H30N4O2.HI/c1-8-17-14(20-11-16(5,6)21-7)19-10-13-18-9-12(22-13)15(2,3)4;/h9H,8,10-11H2,1-7H3,(H2,17,19,20);1H. The number of halogens is 1. The Bertz CT molecular complexity index is 493. The van der Waals surface area contributed by atoms with E-state index >= 15 is 0 Å². The van der Waals surface area contributed by atoms with Crippen LogP contribution in [0.25, 0.3) is 0 Å². The third-order valence-electron chi connectivity index (χ3n) is 3.24. The van der Waals surface area contributed by atoms with E-state index in [1.165, 1.54) is 0 Å². The predicted octanol–water partition coefficient (Wildman–Crippen LogP) is 3.07. The Morgan fingerprint density at radius 2 is 1.91 bits per heavy atom. The van der Waals surface area contributed by atoms with Gasteiger partial charge >= 0.3 is 0 Å². The van der Waals surface area contributed by atoms with Crippen molar-refractivity contribution < 1.29 is 9.15 Å². The lowest BCUT2D eigenvalue weighted by Crippen LogP contribution is -2.45. The molecule has 6 nitrogen and oxygen atoms in total. The molecule has 1 rings (SSSR count). The Morgan fingerprint density at radius 1 is 1.26 bits per heavy atom. The van der Waals surface area contributed by atoms with Gasteiger partial charge in [-0.2, -0.15) is 0 Å². The van der Waals surface area contributed by atoms with Gasteiger partial charge in [0.1, 0.15) is 12.3 Å². The molecule has 1 heterocycles. The number of methoxy groups -OCH3 is 1. The minimum Gasteiger partial charge on any atom is -0.443 e. The minimum atomic E-state index is -0.251. The summed E-state index contributed by atoms with van der Waals surface area (Å²) in [5, 5.41) is 6.46. The summed E-state index contributed by atoms with van der Waals surface area (Å²) in [6.07, 6.45) is 1.78. The van der Waals surface area contributed by atoms with Gasteiger partial charge in [0.2, 0.25) is 5.89 Å². The summed E-state index contributed by atoms with van der Waals surface area (Å²) in [7, 11) is 1.70. The molecular formula is C16H31IN4O2. The molecule has 0 aliphatic heterocycles. The van der Waals surface area contributed by atoms with Gasteiger partial charge in [0, 0.05) is 25.6 Å². The molecule has 1 aromatic rings. The number of aromatic nitrogens is 1. The molecule has 0 aliphatic carbocycles. The van der Waals surface area contributed by atoms with E-state index in [-0.39, 0.29) is 35.0 Å². The molecule has 0 unspecified atom stereocenters. The van der Waals surface area contributed by atoms with Crippen molar-refractivity contribution in [2.45, 2.75) is 59.1 Å². The number of ether oxygens (including phenoxy) is 1. The average molecular weight is 438 g/mol. The summed E-state index contributed by atoms with van der Waals surface area (Å²) in [6.45, 7) is 14.2. The molecule has 1 aromatic heterocycles. The van der Waals surface area contributed by atoms with Crippen LogP contribution in [0.4, 0.5) is 0 Å². The van der Waals surface area contributed by atoms with Gasteiger partial charge in [-0.25, -0.2) is 9.98 Å². The van der Waals surface area contributed by atoms with Gasteiger partial charge in [-0.05, 0) is 20.8 Å². The molecule has 7 heteroatoms. The van der Waals surface area contributed by atoms with Crippen LogP contribution < -0.4 is 10.6 Å². The first kappa shape index (κ1) is 22.2. The predicted molar refractivity (Wildman–Crippen MR) is 105 cm³/mol. The largest absolute Gasteiger partial charge is 0.443 e. The summed E-state index contributed by atoms with van der Waals surface area (Å²) in [5.41, 5.74) is -0.293.